The maximum Gasteiger partial charge on any atom is 0.303 e. The fraction of sp³-hybridized carbons (Fsp3) is 0.917. The van der Waals surface area contributed by atoms with Crippen molar-refractivity contribution in [3.63, 3.8) is 0 Å². The highest BCUT2D eigenvalue weighted by molar-refractivity contribution is 5.66. The van der Waals surface area contributed by atoms with E-state index < -0.39 is 5.97 Å². The van der Waals surface area contributed by atoms with Gasteiger partial charge in [0.15, 0.2) is 0 Å². The van der Waals surface area contributed by atoms with E-state index in [1.54, 1.807) is 0 Å². The van der Waals surface area contributed by atoms with Gasteiger partial charge in [0.05, 0.1) is 0 Å². The van der Waals surface area contributed by atoms with Crippen LogP contribution in [0.15, 0.2) is 0 Å². The van der Waals surface area contributed by atoms with Crippen molar-refractivity contribution >= 4 is 5.97 Å². The minimum absolute atomic E-state index is 0.268. The maximum absolute atomic E-state index is 10.4. The molecule has 2 N–H and O–H groups in total. The number of carboxylic acids is 1. The van der Waals surface area contributed by atoms with Gasteiger partial charge in [-0.1, -0.05) is 13.8 Å². The highest BCUT2D eigenvalue weighted by atomic mass is 16.4. The predicted octanol–water partition coefficient (Wildman–Crippen LogP) is 2.41. The molecule has 2 unspecified atom stereocenters. The van der Waals surface area contributed by atoms with Gasteiger partial charge in [0.2, 0.25) is 0 Å². The predicted molar refractivity (Wildman–Crippen MR) is 60.9 cm³/mol. The van der Waals surface area contributed by atoms with Crippen LogP contribution in [0, 0.1) is 5.41 Å². The van der Waals surface area contributed by atoms with Crippen LogP contribution in [0.3, 0.4) is 0 Å². The SMILES string of the molecule is CC(CCC(=O)O)NC1CCC(C)(C)C1. The summed E-state index contributed by atoms with van der Waals surface area (Å²) in [5, 5.41) is 12.1. The summed E-state index contributed by atoms with van der Waals surface area (Å²) in [6.45, 7) is 6.68. The molecule has 1 saturated carbocycles. The van der Waals surface area contributed by atoms with Gasteiger partial charge in [0.1, 0.15) is 0 Å². The van der Waals surface area contributed by atoms with E-state index in [1.807, 2.05) is 0 Å². The van der Waals surface area contributed by atoms with Gasteiger partial charge in [-0.25, -0.2) is 0 Å². The Morgan fingerprint density at radius 3 is 2.73 bits per heavy atom. The van der Waals surface area contributed by atoms with Gasteiger partial charge in [-0.2, -0.15) is 0 Å². The molecule has 3 nitrogen and oxygen atoms in total. The molecular weight excluding hydrogens is 190 g/mol. The van der Waals surface area contributed by atoms with Crippen LogP contribution < -0.4 is 5.32 Å². The number of nitrogens with one attached hydrogen (secondary N) is 1. The number of aliphatic carboxylic acids is 1. The molecular formula is C12H23NO2. The molecule has 0 heterocycles. The normalized spacial score (nSPS) is 26.5. The lowest BCUT2D eigenvalue weighted by atomic mass is 9.92. The molecule has 1 fully saturated rings. The summed E-state index contributed by atoms with van der Waals surface area (Å²) in [5.41, 5.74) is 0.462. The summed E-state index contributed by atoms with van der Waals surface area (Å²) >= 11 is 0. The Morgan fingerprint density at radius 2 is 2.27 bits per heavy atom. The van der Waals surface area contributed by atoms with E-state index in [2.05, 4.69) is 26.1 Å². The van der Waals surface area contributed by atoms with E-state index in [4.69, 9.17) is 5.11 Å². The molecule has 0 aliphatic heterocycles. The zero-order valence-electron chi connectivity index (χ0n) is 10.0. The van der Waals surface area contributed by atoms with Crippen molar-refractivity contribution < 1.29 is 9.90 Å². The van der Waals surface area contributed by atoms with Crippen molar-refractivity contribution in [2.45, 2.75) is 65.0 Å². The molecule has 88 valence electrons. The lowest BCUT2D eigenvalue weighted by Gasteiger charge is -2.21. The molecule has 0 aromatic rings. The van der Waals surface area contributed by atoms with Crippen LogP contribution in [0.5, 0.6) is 0 Å². The summed E-state index contributed by atoms with van der Waals surface area (Å²) in [6.07, 6.45) is 4.71. The molecule has 15 heavy (non-hydrogen) atoms. The highest BCUT2D eigenvalue weighted by Gasteiger charge is 2.31. The fourth-order valence-corrected chi connectivity index (χ4v) is 2.40. The first-order chi connectivity index (χ1) is 6.89. The molecule has 0 amide bonds. The Labute approximate surface area is 92.3 Å². The molecule has 1 aliphatic rings. The van der Waals surface area contributed by atoms with Gasteiger partial charge >= 0.3 is 5.97 Å². The van der Waals surface area contributed by atoms with Gasteiger partial charge in [0, 0.05) is 18.5 Å². The van der Waals surface area contributed by atoms with E-state index in [1.165, 1.54) is 19.3 Å². The summed E-state index contributed by atoms with van der Waals surface area (Å²) in [4.78, 5) is 10.4. The third-order valence-corrected chi connectivity index (χ3v) is 3.28. The lowest BCUT2D eigenvalue weighted by molar-refractivity contribution is -0.137. The lowest BCUT2D eigenvalue weighted by Crippen LogP contribution is -2.35. The molecule has 0 saturated heterocycles. The van der Waals surface area contributed by atoms with Crippen LogP contribution in [0.2, 0.25) is 0 Å². The Balaban J connectivity index is 2.21. The Kier molecular flexibility index (Phi) is 4.14. The fourth-order valence-electron chi connectivity index (χ4n) is 2.40. The number of rotatable bonds is 5. The van der Waals surface area contributed by atoms with Crippen LogP contribution >= 0.6 is 0 Å². The Bertz CT molecular complexity index is 226. The molecule has 1 rings (SSSR count). The van der Waals surface area contributed by atoms with Gasteiger partial charge in [0.25, 0.3) is 0 Å². The minimum atomic E-state index is -0.699. The number of hydrogen-bond acceptors (Lipinski definition) is 2. The first-order valence-electron chi connectivity index (χ1n) is 5.87. The number of hydrogen-bond donors (Lipinski definition) is 2. The van der Waals surface area contributed by atoms with E-state index in [0.29, 0.717) is 17.5 Å². The van der Waals surface area contributed by atoms with Crippen molar-refractivity contribution in [3.05, 3.63) is 0 Å². The largest absolute Gasteiger partial charge is 0.481 e. The quantitative estimate of drug-likeness (QED) is 0.737. The standard InChI is InChI=1S/C12H23NO2/c1-9(4-5-11(14)15)13-10-6-7-12(2,3)8-10/h9-10,13H,4-8H2,1-3H3,(H,14,15). The van der Waals surface area contributed by atoms with Crippen LogP contribution in [-0.4, -0.2) is 23.2 Å². The summed E-state index contributed by atoms with van der Waals surface area (Å²) in [5.74, 6) is -0.699. The van der Waals surface area contributed by atoms with Crippen LogP contribution in [-0.2, 0) is 4.79 Å². The number of carboxylic acid groups (broad SMARTS) is 1. The van der Waals surface area contributed by atoms with E-state index in [0.717, 1.165) is 6.42 Å². The van der Waals surface area contributed by atoms with E-state index >= 15 is 0 Å². The molecule has 1 aliphatic carbocycles. The first-order valence-corrected chi connectivity index (χ1v) is 5.87. The second kappa shape index (κ2) is 4.97. The molecule has 2 atom stereocenters. The minimum Gasteiger partial charge on any atom is -0.481 e. The zero-order chi connectivity index (χ0) is 11.5. The van der Waals surface area contributed by atoms with Crippen LogP contribution in [0.4, 0.5) is 0 Å². The van der Waals surface area contributed by atoms with Crippen molar-refractivity contribution in [1.29, 1.82) is 0 Å². The van der Waals surface area contributed by atoms with Crippen LogP contribution in [0.1, 0.15) is 52.9 Å². The summed E-state index contributed by atoms with van der Waals surface area (Å²) in [7, 11) is 0. The molecule has 0 spiro atoms. The van der Waals surface area contributed by atoms with Crippen molar-refractivity contribution in [1.82, 2.24) is 5.32 Å². The molecule has 0 aromatic heterocycles. The van der Waals surface area contributed by atoms with Gasteiger partial charge in [-0.3, -0.25) is 4.79 Å². The monoisotopic (exact) mass is 213 g/mol. The first kappa shape index (κ1) is 12.5. The van der Waals surface area contributed by atoms with Gasteiger partial charge in [-0.05, 0) is 38.0 Å². The topological polar surface area (TPSA) is 49.3 Å². The molecule has 0 aromatic carbocycles. The Hall–Kier alpha value is -0.570. The average Bonchev–Trinajstić information content (AvgIpc) is 2.42. The maximum atomic E-state index is 10.4. The molecule has 0 radical (unpaired) electrons. The highest BCUT2D eigenvalue weighted by Crippen LogP contribution is 2.37. The second-order valence-electron chi connectivity index (χ2n) is 5.60. The average molecular weight is 213 g/mol. The van der Waals surface area contributed by atoms with Crippen molar-refractivity contribution in [2.75, 3.05) is 0 Å². The smallest absolute Gasteiger partial charge is 0.303 e. The van der Waals surface area contributed by atoms with Crippen molar-refractivity contribution in [2.24, 2.45) is 5.41 Å². The molecule has 0 bridgehead atoms. The van der Waals surface area contributed by atoms with E-state index in [9.17, 15) is 4.79 Å². The third kappa shape index (κ3) is 4.65. The van der Waals surface area contributed by atoms with E-state index in [-0.39, 0.29) is 6.42 Å². The summed E-state index contributed by atoms with van der Waals surface area (Å²) < 4.78 is 0. The third-order valence-electron chi connectivity index (χ3n) is 3.28. The van der Waals surface area contributed by atoms with Gasteiger partial charge in [-0.15, -0.1) is 0 Å². The van der Waals surface area contributed by atoms with Gasteiger partial charge < -0.3 is 10.4 Å². The molecule has 3 heteroatoms. The zero-order valence-corrected chi connectivity index (χ0v) is 10.0. The van der Waals surface area contributed by atoms with Crippen LogP contribution in [0.25, 0.3) is 0 Å². The van der Waals surface area contributed by atoms with Crippen molar-refractivity contribution in [3.8, 4) is 0 Å². The Morgan fingerprint density at radius 1 is 1.60 bits per heavy atom. The number of carbonyl (C=O) groups is 1. The second-order valence-corrected chi connectivity index (χ2v) is 5.60. The summed E-state index contributed by atoms with van der Waals surface area (Å²) in [6, 6.07) is 0.906.